The van der Waals surface area contributed by atoms with Gasteiger partial charge in [-0.15, -0.1) is 0 Å². The SMILES string of the molecule is N#Cc1nc(C#N)c2c(n1)c1nc(C#N)nc(C#N)c1c1nc3c(-c4ccccc4)ccc(-c4ccccc4)c3nc12. The van der Waals surface area contributed by atoms with Crippen LogP contribution >= 0.6 is 0 Å². The first kappa shape index (κ1) is 24.2. The molecule has 0 radical (unpaired) electrons. The Morgan fingerprint density at radius 3 is 1.12 bits per heavy atom. The van der Waals surface area contributed by atoms with Crippen LogP contribution in [0.3, 0.4) is 0 Å². The second-order valence-electron chi connectivity index (χ2n) is 9.20. The van der Waals surface area contributed by atoms with E-state index in [0.717, 1.165) is 22.3 Å². The maximum Gasteiger partial charge on any atom is 0.234 e. The van der Waals surface area contributed by atoms with Crippen LogP contribution < -0.4 is 0 Å². The van der Waals surface area contributed by atoms with Gasteiger partial charge in [0.25, 0.3) is 0 Å². The Morgan fingerprint density at radius 1 is 0.381 bits per heavy atom. The van der Waals surface area contributed by atoms with E-state index in [9.17, 15) is 21.0 Å². The molecular formula is C32H12N10. The van der Waals surface area contributed by atoms with Crippen LogP contribution in [0.4, 0.5) is 0 Å². The van der Waals surface area contributed by atoms with Crippen molar-refractivity contribution in [1.29, 1.82) is 21.0 Å². The summed E-state index contributed by atoms with van der Waals surface area (Å²) in [4.78, 5) is 27.2. The molecule has 0 N–H and O–H groups in total. The van der Waals surface area contributed by atoms with Crippen molar-refractivity contribution in [1.82, 2.24) is 29.9 Å². The van der Waals surface area contributed by atoms with E-state index in [0.29, 0.717) is 11.0 Å². The fourth-order valence-electron chi connectivity index (χ4n) is 5.16. The van der Waals surface area contributed by atoms with Gasteiger partial charge in [-0.05, 0) is 11.1 Å². The Hall–Kier alpha value is -6.88. The van der Waals surface area contributed by atoms with E-state index >= 15 is 0 Å². The van der Waals surface area contributed by atoms with Gasteiger partial charge in [0.1, 0.15) is 46.3 Å². The Balaban J connectivity index is 1.79. The molecule has 0 atom stereocenters. The summed E-state index contributed by atoms with van der Waals surface area (Å²) in [5, 5.41) is 39.8. The van der Waals surface area contributed by atoms with Crippen LogP contribution in [-0.4, -0.2) is 29.9 Å². The van der Waals surface area contributed by atoms with Crippen molar-refractivity contribution in [3.63, 3.8) is 0 Å². The molecule has 0 saturated heterocycles. The first-order chi connectivity index (χ1) is 20.6. The quantitative estimate of drug-likeness (QED) is 0.203. The Labute approximate surface area is 237 Å². The van der Waals surface area contributed by atoms with Crippen molar-refractivity contribution in [3.8, 4) is 46.5 Å². The van der Waals surface area contributed by atoms with Gasteiger partial charge in [-0.2, -0.15) is 21.0 Å². The van der Waals surface area contributed by atoms with Crippen LogP contribution in [0.25, 0.3) is 66.1 Å². The second kappa shape index (κ2) is 9.39. The molecule has 0 spiro atoms. The molecule has 10 heteroatoms. The molecule has 190 valence electrons. The molecular weight excluding hydrogens is 524 g/mol. The van der Waals surface area contributed by atoms with E-state index < -0.39 is 0 Å². The molecule has 0 saturated carbocycles. The summed E-state index contributed by atoms with van der Waals surface area (Å²) in [5.41, 5.74) is 5.02. The van der Waals surface area contributed by atoms with E-state index in [1.54, 1.807) is 0 Å². The van der Waals surface area contributed by atoms with Gasteiger partial charge in [0.05, 0.1) is 21.8 Å². The van der Waals surface area contributed by atoms with Crippen molar-refractivity contribution in [2.75, 3.05) is 0 Å². The van der Waals surface area contributed by atoms with Crippen LogP contribution in [0.1, 0.15) is 23.0 Å². The second-order valence-corrected chi connectivity index (χ2v) is 9.20. The Morgan fingerprint density at radius 2 is 0.762 bits per heavy atom. The van der Waals surface area contributed by atoms with Gasteiger partial charge >= 0.3 is 0 Å². The molecule has 3 heterocycles. The zero-order chi connectivity index (χ0) is 28.8. The number of hydrogen-bond donors (Lipinski definition) is 0. The normalized spacial score (nSPS) is 10.8. The zero-order valence-electron chi connectivity index (χ0n) is 21.4. The fraction of sp³-hybridized carbons (Fsp3) is 0. The fourth-order valence-corrected chi connectivity index (χ4v) is 5.16. The summed E-state index contributed by atoms with van der Waals surface area (Å²) in [6.07, 6.45) is 0. The molecule has 7 rings (SSSR count). The highest BCUT2D eigenvalue weighted by atomic mass is 14.9. The molecule has 42 heavy (non-hydrogen) atoms. The number of hydrogen-bond acceptors (Lipinski definition) is 10. The van der Waals surface area contributed by atoms with Gasteiger partial charge in [0.2, 0.25) is 11.6 Å². The number of fused-ring (bicyclic) bond motifs is 7. The number of nitrogens with zero attached hydrogens (tertiary/aromatic N) is 10. The minimum atomic E-state index is -0.264. The van der Waals surface area contributed by atoms with Crippen LogP contribution in [0.15, 0.2) is 72.8 Å². The monoisotopic (exact) mass is 536 g/mol. The molecule has 0 bridgehead atoms. The minimum Gasteiger partial charge on any atom is -0.243 e. The van der Waals surface area contributed by atoms with Gasteiger partial charge < -0.3 is 0 Å². The molecule has 0 aliphatic rings. The maximum atomic E-state index is 10.1. The number of nitriles is 4. The maximum absolute atomic E-state index is 10.1. The van der Waals surface area contributed by atoms with Crippen molar-refractivity contribution in [2.24, 2.45) is 0 Å². The van der Waals surface area contributed by atoms with Gasteiger partial charge in [0, 0.05) is 11.1 Å². The first-order valence-corrected chi connectivity index (χ1v) is 12.6. The van der Waals surface area contributed by atoms with E-state index in [1.165, 1.54) is 0 Å². The van der Waals surface area contributed by atoms with Crippen LogP contribution in [0.5, 0.6) is 0 Å². The summed E-state index contributed by atoms with van der Waals surface area (Å²) in [6, 6.07) is 31.2. The molecule has 7 aromatic rings. The molecule has 0 fully saturated rings. The topological polar surface area (TPSA) is 172 Å². The summed E-state index contributed by atoms with van der Waals surface area (Å²) in [6.45, 7) is 0. The summed E-state index contributed by atoms with van der Waals surface area (Å²) >= 11 is 0. The standard InChI is InChI=1S/C32H12N10/c33-13-21-25-29(39-23(15-35)37-21)30-26(22(14-34)38-24(16-36)40-30)32-31(25)41-27-19(17-7-3-1-4-8-17)11-12-20(28(27)42-32)18-9-5-2-6-10-18/h1-12H. The van der Waals surface area contributed by atoms with Gasteiger partial charge in [-0.25, -0.2) is 29.9 Å². The van der Waals surface area contributed by atoms with E-state index in [4.69, 9.17) is 9.97 Å². The number of benzene rings is 4. The van der Waals surface area contributed by atoms with Crippen LogP contribution in [0.2, 0.25) is 0 Å². The molecule has 0 amide bonds. The lowest BCUT2D eigenvalue weighted by Gasteiger charge is -2.15. The highest BCUT2D eigenvalue weighted by Gasteiger charge is 2.24. The number of rotatable bonds is 2. The van der Waals surface area contributed by atoms with Gasteiger partial charge in [-0.3, -0.25) is 0 Å². The molecule has 10 nitrogen and oxygen atoms in total. The van der Waals surface area contributed by atoms with Crippen molar-refractivity contribution < 1.29 is 0 Å². The summed E-state index contributed by atoms with van der Waals surface area (Å²) in [7, 11) is 0. The van der Waals surface area contributed by atoms with Crippen molar-refractivity contribution >= 4 is 43.9 Å². The summed E-state index contributed by atoms with van der Waals surface area (Å²) < 4.78 is 0. The average Bonchev–Trinajstić information content (AvgIpc) is 3.06. The van der Waals surface area contributed by atoms with Crippen LogP contribution in [0, 0.1) is 45.3 Å². The molecule has 3 aromatic heterocycles. The number of aromatic nitrogens is 6. The smallest absolute Gasteiger partial charge is 0.234 e. The highest BCUT2D eigenvalue weighted by molar-refractivity contribution is 6.24. The minimum absolute atomic E-state index is 0.102. The Bertz CT molecular complexity index is 2270. The van der Waals surface area contributed by atoms with Crippen molar-refractivity contribution in [3.05, 3.63) is 95.8 Å². The van der Waals surface area contributed by atoms with Gasteiger partial charge in [0.15, 0.2) is 11.4 Å². The van der Waals surface area contributed by atoms with Gasteiger partial charge in [-0.1, -0.05) is 72.8 Å². The molecule has 0 aliphatic heterocycles. The third kappa shape index (κ3) is 3.55. The predicted molar refractivity (Wildman–Crippen MR) is 153 cm³/mol. The lowest BCUT2D eigenvalue weighted by atomic mass is 9.96. The van der Waals surface area contributed by atoms with Crippen LogP contribution in [-0.2, 0) is 0 Å². The Kier molecular flexibility index (Phi) is 5.41. The van der Waals surface area contributed by atoms with E-state index in [2.05, 4.69) is 19.9 Å². The third-order valence-electron chi connectivity index (χ3n) is 6.92. The highest BCUT2D eigenvalue weighted by Crippen LogP contribution is 2.39. The molecule has 0 unspecified atom stereocenters. The largest absolute Gasteiger partial charge is 0.243 e. The lowest BCUT2D eigenvalue weighted by Crippen LogP contribution is -2.04. The summed E-state index contributed by atoms with van der Waals surface area (Å²) in [5.74, 6) is -0.527. The lowest BCUT2D eigenvalue weighted by molar-refractivity contribution is 1.12. The predicted octanol–water partition coefficient (Wildman–Crippen LogP) is 5.49. The molecule has 0 aliphatic carbocycles. The zero-order valence-corrected chi connectivity index (χ0v) is 21.4. The van der Waals surface area contributed by atoms with E-state index in [-0.39, 0.29) is 55.9 Å². The van der Waals surface area contributed by atoms with E-state index in [1.807, 2.05) is 97.1 Å². The third-order valence-corrected chi connectivity index (χ3v) is 6.92. The molecule has 4 aromatic carbocycles. The van der Waals surface area contributed by atoms with Crippen molar-refractivity contribution in [2.45, 2.75) is 0 Å². The first-order valence-electron chi connectivity index (χ1n) is 12.6. The average molecular weight is 537 g/mol.